The molecule has 0 radical (unpaired) electrons. The van der Waals surface area contributed by atoms with Gasteiger partial charge in [-0.2, -0.15) is 0 Å². The Morgan fingerprint density at radius 3 is 1.17 bits per heavy atom. The first-order valence-corrected chi connectivity index (χ1v) is 26.6. The smallest absolute Gasteiger partial charge is 0.306 e. The lowest BCUT2D eigenvalue weighted by atomic mass is 10.1. The summed E-state index contributed by atoms with van der Waals surface area (Å²) >= 11 is 0. The van der Waals surface area contributed by atoms with Gasteiger partial charge in [0.2, 0.25) is 0 Å². The molecule has 0 aromatic rings. The van der Waals surface area contributed by atoms with Crippen LogP contribution in [0, 0.1) is 0 Å². The Balaban J connectivity index is 4.44. The minimum atomic E-state index is -0.812. The molecule has 0 aromatic carbocycles. The van der Waals surface area contributed by atoms with Crippen LogP contribution in [0.5, 0.6) is 0 Å². The van der Waals surface area contributed by atoms with Gasteiger partial charge in [-0.1, -0.05) is 215 Å². The van der Waals surface area contributed by atoms with Crippen molar-refractivity contribution in [1.82, 2.24) is 0 Å². The van der Waals surface area contributed by atoms with E-state index in [1.165, 1.54) is 116 Å². The van der Waals surface area contributed by atoms with Crippen LogP contribution in [0.3, 0.4) is 0 Å². The average Bonchev–Trinajstić information content (AvgIpc) is 3.29. The molecular formula is C58H98O6. The van der Waals surface area contributed by atoms with Crippen molar-refractivity contribution in [2.75, 3.05) is 13.2 Å². The first-order valence-electron chi connectivity index (χ1n) is 26.6. The van der Waals surface area contributed by atoms with E-state index in [0.717, 1.165) is 83.5 Å². The van der Waals surface area contributed by atoms with Crippen molar-refractivity contribution in [2.24, 2.45) is 0 Å². The topological polar surface area (TPSA) is 78.9 Å². The van der Waals surface area contributed by atoms with Gasteiger partial charge in [0.25, 0.3) is 0 Å². The summed E-state index contributed by atoms with van der Waals surface area (Å²) in [5.74, 6) is -1.00. The van der Waals surface area contributed by atoms with Gasteiger partial charge in [-0.3, -0.25) is 14.4 Å². The molecule has 0 amide bonds. The molecule has 366 valence electrons. The summed E-state index contributed by atoms with van der Waals surface area (Å²) in [6, 6.07) is 0. The van der Waals surface area contributed by atoms with E-state index in [4.69, 9.17) is 14.2 Å². The Kier molecular flexibility index (Phi) is 49.4. The van der Waals surface area contributed by atoms with Gasteiger partial charge in [0.15, 0.2) is 6.10 Å². The summed E-state index contributed by atoms with van der Waals surface area (Å²) in [6.07, 6.45) is 67.2. The molecule has 1 atom stereocenters. The largest absolute Gasteiger partial charge is 0.462 e. The van der Waals surface area contributed by atoms with Gasteiger partial charge in [0, 0.05) is 19.3 Å². The van der Waals surface area contributed by atoms with Crippen molar-refractivity contribution in [3.05, 3.63) is 85.1 Å². The SMILES string of the molecule is CC/C=C/C/C=C/C/C=C/CCCCCCC(=O)OC(COC(=O)CC/C=C/C/C=C/CCCCCCCC)COC(=O)CCCCCCCCCCCC/C=C/C=C/CCCCC. The molecule has 0 N–H and O–H groups in total. The first kappa shape index (κ1) is 60.6. The highest BCUT2D eigenvalue weighted by Crippen LogP contribution is 2.14. The molecule has 0 aliphatic carbocycles. The lowest BCUT2D eigenvalue weighted by Gasteiger charge is -2.18. The molecule has 0 spiro atoms. The van der Waals surface area contributed by atoms with E-state index >= 15 is 0 Å². The summed E-state index contributed by atoms with van der Waals surface area (Å²) in [5.41, 5.74) is 0. The van der Waals surface area contributed by atoms with Crippen LogP contribution in [0.1, 0.15) is 245 Å². The minimum Gasteiger partial charge on any atom is -0.462 e. The third-order valence-corrected chi connectivity index (χ3v) is 11.1. The molecule has 0 fully saturated rings. The summed E-state index contributed by atoms with van der Waals surface area (Å²) in [4.78, 5) is 38.0. The monoisotopic (exact) mass is 891 g/mol. The van der Waals surface area contributed by atoms with E-state index in [9.17, 15) is 14.4 Å². The Bertz CT molecular complexity index is 1250. The third kappa shape index (κ3) is 49.6. The van der Waals surface area contributed by atoms with Gasteiger partial charge in [0.05, 0.1) is 0 Å². The lowest BCUT2D eigenvalue weighted by Crippen LogP contribution is -2.30. The Hall–Kier alpha value is -3.41. The van der Waals surface area contributed by atoms with Crippen molar-refractivity contribution in [3.63, 3.8) is 0 Å². The van der Waals surface area contributed by atoms with E-state index in [0.29, 0.717) is 19.3 Å². The first-order chi connectivity index (χ1) is 31.5. The summed E-state index contributed by atoms with van der Waals surface area (Å²) in [6.45, 7) is 6.41. The maximum absolute atomic E-state index is 12.8. The molecule has 6 heteroatoms. The van der Waals surface area contributed by atoms with Crippen molar-refractivity contribution in [3.8, 4) is 0 Å². The number of allylic oxidation sites excluding steroid dienone is 14. The van der Waals surface area contributed by atoms with Crippen LogP contribution in [0.15, 0.2) is 85.1 Å². The van der Waals surface area contributed by atoms with Crippen molar-refractivity contribution in [2.45, 2.75) is 252 Å². The molecule has 0 aliphatic heterocycles. The van der Waals surface area contributed by atoms with Gasteiger partial charge in [-0.15, -0.1) is 0 Å². The van der Waals surface area contributed by atoms with E-state index in [1.54, 1.807) is 0 Å². The van der Waals surface area contributed by atoms with E-state index in [2.05, 4.69) is 99.8 Å². The number of hydrogen-bond acceptors (Lipinski definition) is 6. The number of unbranched alkanes of at least 4 members (excludes halogenated alkanes) is 23. The van der Waals surface area contributed by atoms with Crippen LogP contribution in [0.4, 0.5) is 0 Å². The fourth-order valence-corrected chi connectivity index (χ4v) is 7.15. The normalized spacial score (nSPS) is 12.7. The average molecular weight is 891 g/mol. The minimum absolute atomic E-state index is 0.105. The summed E-state index contributed by atoms with van der Waals surface area (Å²) in [7, 11) is 0. The zero-order chi connectivity index (χ0) is 46.5. The van der Waals surface area contributed by atoms with Crippen molar-refractivity contribution < 1.29 is 28.6 Å². The molecule has 6 nitrogen and oxygen atoms in total. The Morgan fingerprint density at radius 2 is 0.688 bits per heavy atom. The number of hydrogen-bond donors (Lipinski definition) is 0. The van der Waals surface area contributed by atoms with E-state index in [1.807, 2.05) is 6.08 Å². The van der Waals surface area contributed by atoms with Crippen LogP contribution in [0.25, 0.3) is 0 Å². The van der Waals surface area contributed by atoms with E-state index < -0.39 is 6.10 Å². The summed E-state index contributed by atoms with van der Waals surface area (Å²) < 4.78 is 16.7. The maximum Gasteiger partial charge on any atom is 0.306 e. The number of esters is 3. The molecule has 0 aromatic heterocycles. The highest BCUT2D eigenvalue weighted by Gasteiger charge is 2.19. The molecule has 0 aliphatic rings. The third-order valence-electron chi connectivity index (χ3n) is 11.1. The van der Waals surface area contributed by atoms with Crippen LogP contribution < -0.4 is 0 Å². The molecule has 1 unspecified atom stereocenters. The molecule has 0 saturated heterocycles. The zero-order valence-electron chi connectivity index (χ0n) is 41.8. The van der Waals surface area contributed by atoms with Crippen LogP contribution in [-0.4, -0.2) is 37.2 Å². The highest BCUT2D eigenvalue weighted by atomic mass is 16.6. The van der Waals surface area contributed by atoms with Crippen molar-refractivity contribution >= 4 is 17.9 Å². The number of carbonyl (C=O) groups excluding carboxylic acids is 3. The Labute approximate surface area is 395 Å². The fraction of sp³-hybridized carbons (Fsp3) is 0.707. The molecule has 0 saturated carbocycles. The predicted octanol–water partition coefficient (Wildman–Crippen LogP) is 17.6. The van der Waals surface area contributed by atoms with E-state index in [-0.39, 0.29) is 37.5 Å². The quantitative estimate of drug-likeness (QED) is 0.0199. The summed E-state index contributed by atoms with van der Waals surface area (Å²) in [5, 5.41) is 0. The molecule has 0 rings (SSSR count). The second-order valence-corrected chi connectivity index (χ2v) is 17.4. The van der Waals surface area contributed by atoms with Gasteiger partial charge in [0.1, 0.15) is 13.2 Å². The fourth-order valence-electron chi connectivity index (χ4n) is 7.15. The predicted molar refractivity (Wildman–Crippen MR) is 274 cm³/mol. The second-order valence-electron chi connectivity index (χ2n) is 17.4. The van der Waals surface area contributed by atoms with Crippen LogP contribution in [-0.2, 0) is 28.6 Å². The molecule has 64 heavy (non-hydrogen) atoms. The Morgan fingerprint density at radius 1 is 0.344 bits per heavy atom. The maximum atomic E-state index is 12.8. The lowest BCUT2D eigenvalue weighted by molar-refractivity contribution is -0.166. The number of rotatable bonds is 47. The molecule has 0 bridgehead atoms. The zero-order valence-corrected chi connectivity index (χ0v) is 41.8. The van der Waals surface area contributed by atoms with Gasteiger partial charge in [-0.25, -0.2) is 0 Å². The van der Waals surface area contributed by atoms with Crippen LogP contribution >= 0.6 is 0 Å². The standard InChI is InChI=1S/C58H98O6/c1-4-7-10-13-16-19-22-25-27-28-29-30-31-34-36-39-42-45-48-51-57(60)63-54-55(53-62-56(59)50-47-44-41-38-35-32-24-21-18-15-12-9-6-3)64-58(61)52-49-46-43-40-37-33-26-23-20-17-14-11-8-5-2/h8,11,16-17,19-20,22,25-26,32-33,35,41,44,55H,4-7,9-10,12-15,18,21,23-24,27-31,34,36-40,42-43,45-54H2,1-3H3/b11-8+,19-16+,20-17+,25-22+,33-26+,35-32+,44-41+. The van der Waals surface area contributed by atoms with Crippen molar-refractivity contribution in [1.29, 1.82) is 0 Å². The van der Waals surface area contributed by atoms with Gasteiger partial charge < -0.3 is 14.2 Å². The molecule has 0 heterocycles. The van der Waals surface area contributed by atoms with Crippen LogP contribution in [0.2, 0.25) is 0 Å². The number of ether oxygens (including phenoxy) is 3. The van der Waals surface area contributed by atoms with Gasteiger partial charge in [-0.05, 0) is 96.3 Å². The van der Waals surface area contributed by atoms with Gasteiger partial charge >= 0.3 is 17.9 Å². The highest BCUT2D eigenvalue weighted by molar-refractivity contribution is 5.71. The second kappa shape index (κ2) is 52.2. The molecular weight excluding hydrogens is 793 g/mol. The number of carbonyl (C=O) groups is 3.